The monoisotopic (exact) mass is 816 g/mol. The SMILES string of the molecule is COc1cc(Br)cc(C2C3=CCC4C(=O)N(c5ccc(N6CCOCC6)cc5)C(=O)C4C3CC3C(=O)N(Nc4ccc(C)cc4)C(=O)C32c2ccccc2)c1O. The summed E-state index contributed by atoms with van der Waals surface area (Å²) in [7, 11) is 1.46. The molecule has 0 spiro atoms. The number of rotatable bonds is 7. The first-order chi connectivity index (χ1) is 27.1. The van der Waals surface area contributed by atoms with Crippen LogP contribution in [0.25, 0.3) is 0 Å². The van der Waals surface area contributed by atoms with Crippen LogP contribution in [0.15, 0.2) is 107 Å². The molecule has 3 heterocycles. The Morgan fingerprint density at radius 3 is 2.25 bits per heavy atom. The van der Waals surface area contributed by atoms with Crippen molar-refractivity contribution in [2.45, 2.75) is 31.1 Å². The van der Waals surface area contributed by atoms with E-state index in [4.69, 9.17) is 9.47 Å². The average molecular weight is 818 g/mol. The van der Waals surface area contributed by atoms with Crippen molar-refractivity contribution in [2.24, 2.45) is 23.7 Å². The Labute approximate surface area is 333 Å². The number of carbonyl (C=O) groups is 4. The Bertz CT molecular complexity index is 2270. The van der Waals surface area contributed by atoms with E-state index < -0.39 is 46.8 Å². The second-order valence-corrected chi connectivity index (χ2v) is 16.2. The zero-order chi connectivity index (χ0) is 38.9. The predicted octanol–water partition coefficient (Wildman–Crippen LogP) is 6.50. The van der Waals surface area contributed by atoms with Crippen LogP contribution in [0, 0.1) is 30.6 Å². The second-order valence-electron chi connectivity index (χ2n) is 15.3. The number of benzene rings is 4. The fourth-order valence-corrected chi connectivity index (χ4v) is 10.4. The number of amides is 4. The molecule has 4 fully saturated rings. The maximum atomic E-state index is 15.4. The van der Waals surface area contributed by atoms with Crippen LogP contribution in [0.3, 0.4) is 0 Å². The van der Waals surface area contributed by atoms with Gasteiger partial charge in [-0.2, -0.15) is 5.01 Å². The van der Waals surface area contributed by atoms with Crippen LogP contribution in [-0.2, 0) is 29.3 Å². The van der Waals surface area contributed by atoms with Gasteiger partial charge in [-0.15, -0.1) is 0 Å². The molecule has 1 saturated carbocycles. The van der Waals surface area contributed by atoms with Gasteiger partial charge in [-0.05, 0) is 79.8 Å². The topological polar surface area (TPSA) is 129 Å². The molecule has 286 valence electrons. The van der Waals surface area contributed by atoms with Gasteiger partial charge in [-0.1, -0.05) is 75.6 Å². The van der Waals surface area contributed by atoms with Crippen molar-refractivity contribution in [2.75, 3.05) is 48.6 Å². The molecule has 0 radical (unpaired) electrons. The van der Waals surface area contributed by atoms with Gasteiger partial charge in [0.1, 0.15) is 0 Å². The van der Waals surface area contributed by atoms with Gasteiger partial charge >= 0.3 is 0 Å². The Hall–Kier alpha value is -5.46. The highest BCUT2D eigenvalue weighted by Crippen LogP contribution is 2.65. The molecule has 4 amide bonds. The standard InChI is InChI=1S/C44H41BrN4O7/c1-25-8-10-28(11-9-25)46-49-41(52)35-24-33-31(38(34-22-27(45)23-36(55-2)39(34)50)44(35,43(49)54)26-6-4-3-5-7-26)16-17-32-37(33)42(53)48(40(32)51)30-14-12-29(13-15-30)47-18-20-56-21-19-47/h3-16,22-23,32-33,35,37-38,46,50H,17-21,24H2,1-2H3. The van der Waals surface area contributed by atoms with E-state index in [9.17, 15) is 19.5 Å². The molecule has 56 heavy (non-hydrogen) atoms. The summed E-state index contributed by atoms with van der Waals surface area (Å²) in [5.74, 6) is -5.40. The maximum Gasteiger partial charge on any atom is 0.260 e. The third-order valence-corrected chi connectivity index (χ3v) is 12.9. The van der Waals surface area contributed by atoms with Crippen molar-refractivity contribution in [3.63, 3.8) is 0 Å². The molecular formula is C44H41BrN4O7. The third kappa shape index (κ3) is 5.48. The van der Waals surface area contributed by atoms with E-state index in [0.29, 0.717) is 40.2 Å². The quantitative estimate of drug-likeness (QED) is 0.159. The number of anilines is 3. The van der Waals surface area contributed by atoms with E-state index in [-0.39, 0.29) is 36.2 Å². The van der Waals surface area contributed by atoms with E-state index in [0.717, 1.165) is 34.9 Å². The van der Waals surface area contributed by atoms with Crippen LogP contribution in [0.1, 0.15) is 35.4 Å². The van der Waals surface area contributed by atoms with E-state index in [1.807, 2.05) is 91.9 Å². The number of ether oxygens (including phenoxy) is 2. The molecule has 0 aromatic heterocycles. The van der Waals surface area contributed by atoms with E-state index in [1.54, 1.807) is 12.1 Å². The zero-order valence-corrected chi connectivity index (χ0v) is 32.6. The highest BCUT2D eigenvalue weighted by atomic mass is 79.9. The van der Waals surface area contributed by atoms with Gasteiger partial charge in [0.25, 0.3) is 11.8 Å². The Kier molecular flexibility index (Phi) is 9.00. The molecule has 5 aliphatic rings. The van der Waals surface area contributed by atoms with Gasteiger partial charge in [0.15, 0.2) is 11.5 Å². The number of halogens is 1. The minimum absolute atomic E-state index is 0.143. The fraction of sp³-hybridized carbons (Fsp3) is 0.318. The minimum atomic E-state index is -1.53. The lowest BCUT2D eigenvalue weighted by molar-refractivity contribution is -0.138. The van der Waals surface area contributed by atoms with Crippen LogP contribution in [0.2, 0.25) is 0 Å². The van der Waals surface area contributed by atoms with Crippen molar-refractivity contribution in [3.8, 4) is 11.5 Å². The number of phenols is 1. The Morgan fingerprint density at radius 2 is 1.55 bits per heavy atom. The molecular weight excluding hydrogens is 776 g/mol. The van der Waals surface area contributed by atoms with Crippen molar-refractivity contribution in [3.05, 3.63) is 124 Å². The number of hydrazine groups is 1. The molecule has 12 heteroatoms. The first kappa shape index (κ1) is 36.2. The molecule has 3 saturated heterocycles. The number of phenolic OH excluding ortho intramolecular Hbond substituents is 1. The lowest BCUT2D eigenvalue weighted by Gasteiger charge is -2.50. The molecule has 4 aromatic rings. The Morgan fingerprint density at radius 1 is 0.857 bits per heavy atom. The lowest BCUT2D eigenvalue weighted by atomic mass is 9.49. The predicted molar refractivity (Wildman–Crippen MR) is 213 cm³/mol. The summed E-state index contributed by atoms with van der Waals surface area (Å²) in [4.78, 5) is 63.0. The number of fused-ring (bicyclic) bond motifs is 4. The minimum Gasteiger partial charge on any atom is -0.504 e. The zero-order valence-electron chi connectivity index (χ0n) is 31.0. The third-order valence-electron chi connectivity index (χ3n) is 12.5. The summed E-state index contributed by atoms with van der Waals surface area (Å²) in [6.45, 7) is 4.74. The number of aromatic hydroxyl groups is 1. The average Bonchev–Trinajstić information content (AvgIpc) is 3.60. The van der Waals surface area contributed by atoms with Crippen LogP contribution in [0.4, 0.5) is 17.1 Å². The number of imide groups is 2. The summed E-state index contributed by atoms with van der Waals surface area (Å²) in [6.07, 6.45) is 2.38. The van der Waals surface area contributed by atoms with E-state index >= 15 is 4.79 Å². The summed E-state index contributed by atoms with van der Waals surface area (Å²) in [6, 6.07) is 27.6. The summed E-state index contributed by atoms with van der Waals surface area (Å²) in [5.41, 5.74) is 6.38. The smallest absolute Gasteiger partial charge is 0.260 e. The molecule has 6 unspecified atom stereocenters. The second kappa shape index (κ2) is 13.9. The van der Waals surface area contributed by atoms with E-state index in [2.05, 4.69) is 26.3 Å². The molecule has 11 nitrogen and oxygen atoms in total. The molecule has 3 aliphatic heterocycles. The van der Waals surface area contributed by atoms with Gasteiger partial charge in [0.05, 0.1) is 54.9 Å². The van der Waals surface area contributed by atoms with Crippen molar-refractivity contribution in [1.82, 2.24) is 5.01 Å². The largest absolute Gasteiger partial charge is 0.504 e. The lowest BCUT2D eigenvalue weighted by Crippen LogP contribution is -2.53. The number of hydrogen-bond donors (Lipinski definition) is 2. The molecule has 6 atom stereocenters. The molecule has 9 rings (SSSR count). The van der Waals surface area contributed by atoms with Crippen LogP contribution >= 0.6 is 15.9 Å². The number of allylic oxidation sites excluding steroid dienone is 2. The van der Waals surface area contributed by atoms with Gasteiger partial charge in [0, 0.05) is 34.7 Å². The number of nitrogens with zero attached hydrogens (tertiary/aromatic N) is 3. The maximum absolute atomic E-state index is 15.4. The molecule has 2 aliphatic carbocycles. The number of hydrogen-bond acceptors (Lipinski definition) is 9. The highest BCUT2D eigenvalue weighted by Gasteiger charge is 2.70. The summed E-state index contributed by atoms with van der Waals surface area (Å²) >= 11 is 3.60. The van der Waals surface area contributed by atoms with Gasteiger partial charge in [0.2, 0.25) is 11.8 Å². The van der Waals surface area contributed by atoms with E-state index in [1.165, 1.54) is 12.0 Å². The number of methoxy groups -OCH3 is 1. The van der Waals surface area contributed by atoms with Gasteiger partial charge in [-0.25, -0.2) is 0 Å². The number of nitrogens with one attached hydrogen (secondary N) is 1. The molecule has 0 bridgehead atoms. The summed E-state index contributed by atoms with van der Waals surface area (Å²) < 4.78 is 11.7. The Balaban J connectivity index is 1.18. The fourth-order valence-electron chi connectivity index (χ4n) is 9.95. The van der Waals surface area contributed by atoms with Crippen molar-refractivity contribution in [1.29, 1.82) is 0 Å². The van der Waals surface area contributed by atoms with Crippen molar-refractivity contribution < 1.29 is 33.8 Å². The van der Waals surface area contributed by atoms with Crippen molar-refractivity contribution >= 4 is 56.6 Å². The number of carbonyl (C=O) groups excluding carboxylic acids is 4. The van der Waals surface area contributed by atoms with Gasteiger partial charge < -0.3 is 19.5 Å². The number of morpholine rings is 1. The van der Waals surface area contributed by atoms with Crippen LogP contribution < -0.4 is 20.0 Å². The van der Waals surface area contributed by atoms with Crippen LogP contribution in [-0.4, -0.2) is 67.2 Å². The summed E-state index contributed by atoms with van der Waals surface area (Å²) in [5, 5.41) is 13.1. The number of aryl methyl sites for hydroxylation is 1. The first-order valence-electron chi connectivity index (χ1n) is 19.0. The first-order valence-corrected chi connectivity index (χ1v) is 19.8. The van der Waals surface area contributed by atoms with Gasteiger partial charge in [-0.3, -0.25) is 29.5 Å². The molecule has 4 aromatic carbocycles. The highest BCUT2D eigenvalue weighted by molar-refractivity contribution is 9.10. The normalized spacial score (nSPS) is 27.2. The molecule has 2 N–H and O–H groups in total. The van der Waals surface area contributed by atoms with Crippen LogP contribution in [0.5, 0.6) is 11.5 Å².